The molecule has 8 rings (SSSR count). The van der Waals surface area contributed by atoms with E-state index in [-0.39, 0.29) is 45.8 Å². The standard InChI is InChI=1S/C39H44N6O6S/c1-23-9-7-10-24(2)33(23)29-15-32(44-36(43-29)45-52(48,49)28-12-8-11-25(13-28)35(46)47)50-19-26(16-39-20-38(6,21-39)22-39)40-17-27-18-41-34-30(42-27)14-31(51-34)37(3,4)5/h7-15,18,26,40H,16-17,19-22H2,1-6H3,(H,46,47)(H,43,44,45). The van der Waals surface area contributed by atoms with Gasteiger partial charge in [0.1, 0.15) is 17.9 Å². The quantitative estimate of drug-likeness (QED) is 0.112. The van der Waals surface area contributed by atoms with E-state index in [1.165, 1.54) is 37.5 Å². The summed E-state index contributed by atoms with van der Waals surface area (Å²) >= 11 is 0. The van der Waals surface area contributed by atoms with Crippen molar-refractivity contribution in [3.05, 3.63) is 88.9 Å². The Balaban J connectivity index is 1.15. The van der Waals surface area contributed by atoms with Crippen LogP contribution in [-0.4, -0.2) is 52.1 Å². The number of carboxylic acid groups (broad SMARTS) is 1. The third kappa shape index (κ3) is 7.24. The van der Waals surface area contributed by atoms with Crippen LogP contribution in [0.5, 0.6) is 5.88 Å². The minimum atomic E-state index is -4.24. The minimum Gasteiger partial charge on any atom is -0.478 e. The van der Waals surface area contributed by atoms with Crippen LogP contribution in [0, 0.1) is 24.7 Å². The van der Waals surface area contributed by atoms with Crippen molar-refractivity contribution in [2.24, 2.45) is 10.8 Å². The van der Waals surface area contributed by atoms with Crippen LogP contribution in [0.3, 0.4) is 0 Å². The number of aromatic nitrogens is 4. The van der Waals surface area contributed by atoms with Gasteiger partial charge in [-0.05, 0) is 79.7 Å². The topological polar surface area (TPSA) is 169 Å². The van der Waals surface area contributed by atoms with Crippen LogP contribution < -0.4 is 14.8 Å². The molecule has 272 valence electrons. The number of furan rings is 1. The first-order valence-corrected chi connectivity index (χ1v) is 18.9. The smallest absolute Gasteiger partial charge is 0.335 e. The van der Waals surface area contributed by atoms with Gasteiger partial charge in [-0.1, -0.05) is 52.0 Å². The molecule has 2 bridgehead atoms. The first-order valence-electron chi connectivity index (χ1n) is 17.4. The number of aryl methyl sites for hydroxylation is 2. The fourth-order valence-corrected chi connectivity index (χ4v) is 9.10. The zero-order chi connectivity index (χ0) is 37.1. The number of anilines is 1. The molecule has 0 radical (unpaired) electrons. The predicted molar refractivity (Wildman–Crippen MR) is 197 cm³/mol. The van der Waals surface area contributed by atoms with Crippen molar-refractivity contribution in [1.29, 1.82) is 0 Å². The second-order valence-corrected chi connectivity index (χ2v) is 17.6. The van der Waals surface area contributed by atoms with E-state index >= 15 is 0 Å². The molecule has 13 heteroatoms. The lowest BCUT2D eigenvalue weighted by Crippen LogP contribution is -2.62. The fourth-order valence-electron chi connectivity index (χ4n) is 8.11. The zero-order valence-electron chi connectivity index (χ0n) is 30.3. The number of ether oxygens (including phenoxy) is 1. The summed E-state index contributed by atoms with van der Waals surface area (Å²) in [5, 5.41) is 13.1. The van der Waals surface area contributed by atoms with Gasteiger partial charge in [-0.2, -0.15) is 4.98 Å². The summed E-state index contributed by atoms with van der Waals surface area (Å²) in [4.78, 5) is 29.8. The Morgan fingerprint density at radius 3 is 2.40 bits per heavy atom. The van der Waals surface area contributed by atoms with Gasteiger partial charge in [-0.15, -0.1) is 0 Å². The lowest BCUT2D eigenvalue weighted by molar-refractivity contribution is -0.199. The molecule has 5 aromatic rings. The van der Waals surface area contributed by atoms with Gasteiger partial charge in [0.2, 0.25) is 17.5 Å². The van der Waals surface area contributed by atoms with Crippen molar-refractivity contribution < 1.29 is 27.5 Å². The number of hydrogen-bond acceptors (Lipinski definition) is 10. The summed E-state index contributed by atoms with van der Waals surface area (Å²) in [5.41, 5.74) is 5.65. The predicted octanol–water partition coefficient (Wildman–Crippen LogP) is 7.21. The molecular formula is C39H44N6O6S. The number of rotatable bonds is 13. The summed E-state index contributed by atoms with van der Waals surface area (Å²) in [6, 6.07) is 14.6. The Hall–Kier alpha value is -4.88. The number of benzene rings is 2. The van der Waals surface area contributed by atoms with Crippen LogP contribution in [0.1, 0.15) is 86.3 Å². The summed E-state index contributed by atoms with van der Waals surface area (Å²) < 4.78 is 41.7. The first kappa shape index (κ1) is 35.5. The Morgan fingerprint density at radius 1 is 1.02 bits per heavy atom. The molecule has 52 heavy (non-hydrogen) atoms. The fraction of sp³-hybridized carbons (Fsp3) is 0.410. The van der Waals surface area contributed by atoms with Crippen LogP contribution >= 0.6 is 0 Å². The van der Waals surface area contributed by atoms with Crippen molar-refractivity contribution in [2.75, 3.05) is 11.3 Å². The molecule has 3 heterocycles. The SMILES string of the molecule is Cc1cccc(C)c1-c1cc(OCC(CC23CC(C)(C2)C3)NCc2cnc3oc(C(C)(C)C)cc3n2)nc(NS(=O)(=O)c2cccc(C(=O)O)c2)n1. The number of hydrogen-bond donors (Lipinski definition) is 3. The Bertz CT molecular complexity index is 2260. The number of aromatic carboxylic acids is 1. The highest BCUT2D eigenvalue weighted by molar-refractivity contribution is 7.92. The highest BCUT2D eigenvalue weighted by Crippen LogP contribution is 2.74. The molecule has 0 spiro atoms. The average Bonchev–Trinajstić information content (AvgIpc) is 3.49. The normalized spacial score (nSPS) is 20.2. The molecule has 0 saturated heterocycles. The molecule has 0 amide bonds. The number of sulfonamides is 1. The second kappa shape index (κ2) is 13.0. The molecule has 3 N–H and O–H groups in total. The van der Waals surface area contributed by atoms with E-state index in [2.05, 4.69) is 52.7 Å². The van der Waals surface area contributed by atoms with Crippen LogP contribution in [0.4, 0.5) is 5.95 Å². The van der Waals surface area contributed by atoms with Gasteiger partial charge in [-0.3, -0.25) is 0 Å². The maximum Gasteiger partial charge on any atom is 0.335 e. The van der Waals surface area contributed by atoms with Crippen molar-refractivity contribution in [2.45, 2.75) is 90.1 Å². The number of carbonyl (C=O) groups is 1. The van der Waals surface area contributed by atoms with Crippen LogP contribution in [-0.2, 0) is 22.0 Å². The average molecular weight is 725 g/mol. The van der Waals surface area contributed by atoms with Gasteiger partial charge in [0, 0.05) is 35.7 Å². The van der Waals surface area contributed by atoms with Crippen molar-refractivity contribution in [3.63, 3.8) is 0 Å². The number of nitrogens with one attached hydrogen (secondary N) is 2. The van der Waals surface area contributed by atoms with Gasteiger partial charge in [0.05, 0.1) is 28.0 Å². The Kier molecular flexibility index (Phi) is 8.85. The minimum absolute atomic E-state index is 0.0608. The monoisotopic (exact) mass is 724 g/mol. The van der Waals surface area contributed by atoms with Gasteiger partial charge < -0.3 is 19.6 Å². The van der Waals surface area contributed by atoms with Gasteiger partial charge in [0.25, 0.3) is 10.0 Å². The van der Waals surface area contributed by atoms with Crippen molar-refractivity contribution in [1.82, 2.24) is 25.3 Å². The maximum absolute atomic E-state index is 13.5. The Labute approximate surface area is 303 Å². The molecular weight excluding hydrogens is 681 g/mol. The summed E-state index contributed by atoms with van der Waals surface area (Å²) in [6.07, 6.45) is 6.21. The van der Waals surface area contributed by atoms with Gasteiger partial charge in [0.15, 0.2) is 0 Å². The van der Waals surface area contributed by atoms with E-state index in [1.807, 2.05) is 38.1 Å². The van der Waals surface area contributed by atoms with Gasteiger partial charge >= 0.3 is 5.97 Å². The lowest BCUT2D eigenvalue weighted by atomic mass is 9.35. The summed E-state index contributed by atoms with van der Waals surface area (Å²) in [5.74, 6) is -0.390. The lowest BCUT2D eigenvalue weighted by Gasteiger charge is -2.70. The molecule has 3 aliphatic carbocycles. The molecule has 3 fully saturated rings. The van der Waals surface area contributed by atoms with Crippen LogP contribution in [0.25, 0.3) is 22.5 Å². The number of nitrogens with zero attached hydrogens (tertiary/aromatic N) is 4. The molecule has 3 aliphatic rings. The number of carboxylic acids is 1. The van der Waals surface area contributed by atoms with Crippen molar-refractivity contribution >= 4 is 33.2 Å². The summed E-state index contributed by atoms with van der Waals surface area (Å²) in [6.45, 7) is 13.3. The Morgan fingerprint density at radius 2 is 1.73 bits per heavy atom. The summed E-state index contributed by atoms with van der Waals surface area (Å²) in [7, 11) is -4.24. The molecule has 3 aromatic heterocycles. The molecule has 1 atom stereocenters. The molecule has 2 aromatic carbocycles. The molecule has 12 nitrogen and oxygen atoms in total. The third-order valence-corrected chi connectivity index (χ3v) is 11.5. The molecule has 0 aliphatic heterocycles. The maximum atomic E-state index is 13.5. The zero-order valence-corrected chi connectivity index (χ0v) is 31.1. The number of fused-ring (bicyclic) bond motifs is 1. The largest absolute Gasteiger partial charge is 0.478 e. The second-order valence-electron chi connectivity index (χ2n) is 16.0. The van der Waals surface area contributed by atoms with E-state index < -0.39 is 16.0 Å². The van der Waals surface area contributed by atoms with E-state index in [1.54, 1.807) is 12.3 Å². The first-order chi connectivity index (χ1) is 24.5. The van der Waals surface area contributed by atoms with E-state index in [0.717, 1.165) is 40.6 Å². The van der Waals surface area contributed by atoms with Crippen LogP contribution in [0.2, 0.25) is 0 Å². The highest BCUT2D eigenvalue weighted by atomic mass is 32.2. The molecule has 1 unspecified atom stereocenters. The van der Waals surface area contributed by atoms with E-state index in [4.69, 9.17) is 14.1 Å². The molecule has 3 saturated carbocycles. The highest BCUT2D eigenvalue weighted by Gasteiger charge is 2.64. The van der Waals surface area contributed by atoms with Gasteiger partial charge in [-0.25, -0.2) is 32.9 Å². The third-order valence-electron chi connectivity index (χ3n) is 10.2. The van der Waals surface area contributed by atoms with E-state index in [9.17, 15) is 18.3 Å². The van der Waals surface area contributed by atoms with E-state index in [0.29, 0.717) is 28.9 Å². The van der Waals surface area contributed by atoms with Crippen LogP contribution in [0.15, 0.2) is 70.1 Å². The van der Waals surface area contributed by atoms with Crippen molar-refractivity contribution in [3.8, 4) is 17.1 Å².